The Morgan fingerprint density at radius 1 is 0.759 bits per heavy atom. The summed E-state index contributed by atoms with van der Waals surface area (Å²) >= 11 is 0. The summed E-state index contributed by atoms with van der Waals surface area (Å²) in [5.74, 6) is 0. The van der Waals surface area contributed by atoms with Crippen molar-refractivity contribution < 1.29 is 51.0 Å². The van der Waals surface area contributed by atoms with Crippen LogP contribution in [0.5, 0.6) is 0 Å². The molecule has 0 aromatic heterocycles. The summed E-state index contributed by atoms with van der Waals surface area (Å²) in [6.45, 7) is 14.4. The van der Waals surface area contributed by atoms with E-state index in [1.165, 1.54) is 26.7 Å². The van der Waals surface area contributed by atoms with Gasteiger partial charge < -0.3 is 24.8 Å². The number of rotatable bonds is 2. The molecule has 0 spiro atoms. The van der Waals surface area contributed by atoms with E-state index in [9.17, 15) is 0 Å². The van der Waals surface area contributed by atoms with Crippen LogP contribution in [-0.2, 0) is 26.2 Å². The van der Waals surface area contributed by atoms with Gasteiger partial charge in [-0.15, -0.1) is 45.3 Å². The van der Waals surface area contributed by atoms with Crippen LogP contribution in [0.1, 0.15) is 0 Å². The molecule has 0 nitrogen and oxygen atoms in total. The molecule has 0 heterocycles. The molecule has 1 atom stereocenters. The molecule has 1 aliphatic carbocycles. The maximum absolute atomic E-state index is 3.70. The molecule has 0 bridgehead atoms. The summed E-state index contributed by atoms with van der Waals surface area (Å²) in [5.41, 5.74) is 0.661. The molecule has 0 saturated heterocycles. The van der Waals surface area contributed by atoms with Crippen molar-refractivity contribution in [1.29, 1.82) is 0 Å². The van der Waals surface area contributed by atoms with E-state index in [0.29, 0.717) is 5.54 Å². The van der Waals surface area contributed by atoms with E-state index >= 15 is 0 Å². The molecule has 0 fully saturated rings. The van der Waals surface area contributed by atoms with Crippen LogP contribution < -0.4 is 24.8 Å². The summed E-state index contributed by atoms with van der Waals surface area (Å²) < 4.78 is 0. The molecule has 3 aromatic carbocycles. The first-order valence-corrected chi connectivity index (χ1v) is 16.6. The first-order valence-electron chi connectivity index (χ1n) is 9.51. The molecule has 1 unspecified atom stereocenters. The van der Waals surface area contributed by atoms with Crippen molar-refractivity contribution in [2.75, 3.05) is 0 Å². The maximum atomic E-state index is 3.70. The zero-order valence-electron chi connectivity index (χ0n) is 18.2. The number of hydrogen-bond acceptors (Lipinski definition) is 0. The second-order valence-corrected chi connectivity index (χ2v) is 19.7. The zero-order valence-corrected chi connectivity index (χ0v) is 24.2. The van der Waals surface area contributed by atoms with Crippen molar-refractivity contribution in [3.8, 4) is 0 Å². The third kappa shape index (κ3) is 7.11. The van der Waals surface area contributed by atoms with E-state index in [4.69, 9.17) is 0 Å². The molecule has 152 valence electrons. The minimum absolute atomic E-state index is 0. The SMILES string of the molecule is C[Si](C)(C)C1=[C-]C([Si](C)(C)C)C=C1.[Cl-].[Cl-].[Zr+4].c1ccc2c(c1)[cH-]c1ccccc12. The summed E-state index contributed by atoms with van der Waals surface area (Å²) in [7, 11) is -2.15. The zero-order chi connectivity index (χ0) is 18.9. The largest absolute Gasteiger partial charge is 4.00 e. The summed E-state index contributed by atoms with van der Waals surface area (Å²) in [4.78, 5) is 0. The molecule has 3 aromatic rings. The predicted octanol–water partition coefficient (Wildman–Crippen LogP) is 1.59. The van der Waals surface area contributed by atoms with E-state index in [-0.39, 0.29) is 51.0 Å². The van der Waals surface area contributed by atoms with Crippen molar-refractivity contribution >= 4 is 37.7 Å². The van der Waals surface area contributed by atoms with Gasteiger partial charge in [0.2, 0.25) is 0 Å². The second kappa shape index (κ2) is 11.3. The summed E-state index contributed by atoms with van der Waals surface area (Å²) in [6, 6.07) is 19.3. The molecule has 0 saturated carbocycles. The monoisotopic (exact) mass is 534 g/mol. The van der Waals surface area contributed by atoms with Crippen molar-refractivity contribution in [2.24, 2.45) is 0 Å². The number of fused-ring (bicyclic) bond motifs is 3. The summed E-state index contributed by atoms with van der Waals surface area (Å²) in [5, 5.41) is 6.92. The Hall–Kier alpha value is -0.313. The molecule has 29 heavy (non-hydrogen) atoms. The van der Waals surface area contributed by atoms with Crippen LogP contribution in [-0.4, -0.2) is 16.1 Å². The van der Waals surface area contributed by atoms with Gasteiger partial charge in [0.1, 0.15) is 0 Å². The van der Waals surface area contributed by atoms with Crippen molar-refractivity contribution in [3.63, 3.8) is 0 Å². The van der Waals surface area contributed by atoms with E-state index in [1.807, 2.05) is 0 Å². The van der Waals surface area contributed by atoms with Crippen LogP contribution in [0.25, 0.3) is 21.5 Å². The fraction of sp³-hybridized carbons (Fsp3) is 0.292. The molecule has 5 heteroatoms. The number of halogens is 2. The van der Waals surface area contributed by atoms with Gasteiger partial charge in [0.05, 0.1) is 0 Å². The van der Waals surface area contributed by atoms with Gasteiger partial charge >= 0.3 is 26.2 Å². The van der Waals surface area contributed by atoms with Gasteiger partial charge in [-0.2, -0.15) is 6.08 Å². The van der Waals surface area contributed by atoms with Crippen LogP contribution in [0.2, 0.25) is 44.8 Å². The molecular weight excluding hydrogens is 507 g/mol. The van der Waals surface area contributed by atoms with E-state index in [2.05, 4.69) is 112 Å². The topological polar surface area (TPSA) is 0 Å². The molecule has 0 aliphatic heterocycles. The van der Waals surface area contributed by atoms with Gasteiger partial charge in [0.25, 0.3) is 0 Å². The molecule has 4 rings (SSSR count). The van der Waals surface area contributed by atoms with Gasteiger partial charge in [-0.05, 0) is 0 Å². The molecule has 0 radical (unpaired) electrons. The fourth-order valence-electron chi connectivity index (χ4n) is 3.33. The van der Waals surface area contributed by atoms with Crippen molar-refractivity contribution in [2.45, 2.75) is 44.8 Å². The average molecular weight is 537 g/mol. The van der Waals surface area contributed by atoms with Gasteiger partial charge in [-0.25, -0.2) is 11.3 Å². The van der Waals surface area contributed by atoms with E-state index in [1.54, 1.807) is 0 Å². The molecule has 0 amide bonds. The molecule has 1 aliphatic rings. The Morgan fingerprint density at radius 3 is 1.55 bits per heavy atom. The predicted molar refractivity (Wildman–Crippen MR) is 123 cm³/mol. The van der Waals surface area contributed by atoms with Crippen molar-refractivity contribution in [3.05, 3.63) is 78.0 Å². The Balaban J connectivity index is 0.000000490. The average Bonchev–Trinajstić information content (AvgIpc) is 3.20. The van der Waals surface area contributed by atoms with Crippen LogP contribution in [0.4, 0.5) is 0 Å². The first kappa shape index (κ1) is 28.7. The van der Waals surface area contributed by atoms with Crippen LogP contribution in [0, 0.1) is 6.08 Å². The molecular formula is C24H30Cl2Si2Zr. The Morgan fingerprint density at radius 2 is 1.21 bits per heavy atom. The van der Waals surface area contributed by atoms with Crippen LogP contribution >= 0.6 is 0 Å². The minimum atomic E-state index is -1.10. The van der Waals surface area contributed by atoms with E-state index < -0.39 is 16.1 Å². The van der Waals surface area contributed by atoms with E-state index in [0.717, 1.165) is 0 Å². The number of hydrogen-bond donors (Lipinski definition) is 0. The third-order valence-corrected chi connectivity index (χ3v) is 9.16. The smallest absolute Gasteiger partial charge is 1.00 e. The Kier molecular flexibility index (Phi) is 11.2. The van der Waals surface area contributed by atoms with Crippen LogP contribution in [0.15, 0.2) is 71.9 Å². The van der Waals surface area contributed by atoms with Gasteiger partial charge in [-0.1, -0.05) is 75.7 Å². The fourth-order valence-corrected chi connectivity index (χ4v) is 5.92. The quantitative estimate of drug-likeness (QED) is 0.345. The van der Waals surface area contributed by atoms with Gasteiger partial charge in [-0.3, -0.25) is 6.08 Å². The summed E-state index contributed by atoms with van der Waals surface area (Å²) in [6.07, 6.45) is 8.40. The van der Waals surface area contributed by atoms with Gasteiger partial charge in [0, 0.05) is 16.1 Å². The number of benzene rings is 2. The second-order valence-electron chi connectivity index (χ2n) is 9.33. The van der Waals surface area contributed by atoms with Crippen LogP contribution in [0.3, 0.4) is 0 Å². The maximum Gasteiger partial charge on any atom is 4.00 e. The van der Waals surface area contributed by atoms with Crippen molar-refractivity contribution in [1.82, 2.24) is 0 Å². The third-order valence-electron chi connectivity index (χ3n) is 5.03. The Bertz CT molecular complexity index is 925. The van der Waals surface area contributed by atoms with Gasteiger partial charge in [0.15, 0.2) is 0 Å². The number of allylic oxidation sites excluding steroid dienone is 4. The first-order chi connectivity index (χ1) is 12.2. The minimum Gasteiger partial charge on any atom is -1.00 e. The standard InChI is InChI=1S/C13H9.C11H21Si2.2ClH.Zr/c1-3-7-12-10(5-1)9-11-6-2-4-8-13(11)12;1-12(2,3)10-7-8-11(9-10)13(4,5)6;;;/h1-9H;7-8,10H,1-6H3;2*1H;/q2*-1;;;+4/p-2. The Labute approximate surface area is 210 Å². The molecule has 0 N–H and O–H groups in total. The normalized spacial score (nSPS) is 15.5.